The largest absolute Gasteiger partial charge is 0.490 e. The molecule has 0 unspecified atom stereocenters. The van der Waals surface area contributed by atoms with E-state index in [1.165, 1.54) is 0 Å². The van der Waals surface area contributed by atoms with Gasteiger partial charge in [0.1, 0.15) is 6.54 Å². The SMILES string of the molecule is CCOc1ccc(C(=O)NCC#N)cc1OCC. The van der Waals surface area contributed by atoms with Crippen LogP contribution in [0.5, 0.6) is 11.5 Å². The summed E-state index contributed by atoms with van der Waals surface area (Å²) in [5.41, 5.74) is 0.442. The quantitative estimate of drug-likeness (QED) is 0.778. The van der Waals surface area contributed by atoms with Crippen LogP contribution < -0.4 is 14.8 Å². The Bertz CT molecular complexity index is 452. The Labute approximate surface area is 106 Å². The van der Waals surface area contributed by atoms with Gasteiger partial charge in [0.2, 0.25) is 0 Å². The molecule has 0 bridgehead atoms. The molecule has 96 valence electrons. The minimum absolute atomic E-state index is 0.0178. The van der Waals surface area contributed by atoms with Crippen molar-refractivity contribution in [2.45, 2.75) is 13.8 Å². The predicted octanol–water partition coefficient (Wildman–Crippen LogP) is 1.74. The van der Waals surface area contributed by atoms with Crippen molar-refractivity contribution < 1.29 is 14.3 Å². The first kappa shape index (κ1) is 13.8. The van der Waals surface area contributed by atoms with E-state index in [2.05, 4.69) is 5.32 Å². The molecule has 0 aliphatic rings. The Morgan fingerprint density at radius 3 is 2.56 bits per heavy atom. The molecule has 0 atom stereocenters. The lowest BCUT2D eigenvalue weighted by Gasteiger charge is -2.12. The average Bonchev–Trinajstić information content (AvgIpc) is 2.38. The highest BCUT2D eigenvalue weighted by molar-refractivity contribution is 5.95. The lowest BCUT2D eigenvalue weighted by atomic mass is 10.2. The summed E-state index contributed by atoms with van der Waals surface area (Å²) < 4.78 is 10.8. The summed E-state index contributed by atoms with van der Waals surface area (Å²) in [6.07, 6.45) is 0. The van der Waals surface area contributed by atoms with Crippen LogP contribution in [0.15, 0.2) is 18.2 Å². The number of rotatable bonds is 6. The molecule has 0 saturated carbocycles. The molecule has 1 N–H and O–H groups in total. The fraction of sp³-hybridized carbons (Fsp3) is 0.385. The second kappa shape index (κ2) is 7.17. The summed E-state index contributed by atoms with van der Waals surface area (Å²) in [6.45, 7) is 4.74. The number of hydrogen-bond donors (Lipinski definition) is 1. The summed E-state index contributed by atoms with van der Waals surface area (Å²) in [5.74, 6) is 0.834. The number of nitrogens with zero attached hydrogens (tertiary/aromatic N) is 1. The lowest BCUT2D eigenvalue weighted by molar-refractivity contribution is 0.0958. The second-order valence-corrected chi connectivity index (χ2v) is 3.37. The maximum atomic E-state index is 11.7. The van der Waals surface area contributed by atoms with E-state index in [0.717, 1.165) is 0 Å². The molecule has 0 aliphatic heterocycles. The smallest absolute Gasteiger partial charge is 0.252 e. The number of carbonyl (C=O) groups is 1. The molecule has 18 heavy (non-hydrogen) atoms. The van der Waals surface area contributed by atoms with E-state index in [1.54, 1.807) is 18.2 Å². The topological polar surface area (TPSA) is 71.3 Å². The van der Waals surface area contributed by atoms with Crippen LogP contribution in [0.2, 0.25) is 0 Å². The second-order valence-electron chi connectivity index (χ2n) is 3.37. The van der Waals surface area contributed by atoms with Crippen molar-refractivity contribution in [2.75, 3.05) is 19.8 Å². The first-order valence-corrected chi connectivity index (χ1v) is 5.77. The van der Waals surface area contributed by atoms with E-state index < -0.39 is 0 Å². The highest BCUT2D eigenvalue weighted by Crippen LogP contribution is 2.28. The maximum Gasteiger partial charge on any atom is 0.252 e. The number of amides is 1. The van der Waals surface area contributed by atoms with Gasteiger partial charge in [-0.15, -0.1) is 0 Å². The van der Waals surface area contributed by atoms with Crippen molar-refractivity contribution in [1.29, 1.82) is 5.26 Å². The van der Waals surface area contributed by atoms with E-state index in [-0.39, 0.29) is 12.5 Å². The van der Waals surface area contributed by atoms with Crippen LogP contribution in [0.1, 0.15) is 24.2 Å². The third kappa shape index (κ3) is 3.67. The number of benzene rings is 1. The van der Waals surface area contributed by atoms with Crippen LogP contribution in [0, 0.1) is 11.3 Å². The summed E-state index contributed by atoms with van der Waals surface area (Å²) in [6, 6.07) is 6.79. The van der Waals surface area contributed by atoms with Gasteiger partial charge in [-0.2, -0.15) is 5.26 Å². The minimum Gasteiger partial charge on any atom is -0.490 e. The number of ether oxygens (including phenoxy) is 2. The highest BCUT2D eigenvalue weighted by atomic mass is 16.5. The molecule has 0 aromatic heterocycles. The molecular weight excluding hydrogens is 232 g/mol. The van der Waals surface area contributed by atoms with Crippen LogP contribution in [0.4, 0.5) is 0 Å². The molecule has 1 aromatic carbocycles. The first-order valence-electron chi connectivity index (χ1n) is 5.77. The normalized spacial score (nSPS) is 9.39. The summed E-state index contributed by atoms with van der Waals surface area (Å²) in [5, 5.41) is 10.9. The predicted molar refractivity (Wildman–Crippen MR) is 66.7 cm³/mol. The molecule has 0 spiro atoms. The zero-order valence-electron chi connectivity index (χ0n) is 10.5. The average molecular weight is 248 g/mol. The van der Waals surface area contributed by atoms with Crippen LogP contribution in [0.25, 0.3) is 0 Å². The molecule has 0 radical (unpaired) electrons. The van der Waals surface area contributed by atoms with Gasteiger partial charge in [0.15, 0.2) is 11.5 Å². The van der Waals surface area contributed by atoms with Gasteiger partial charge in [0, 0.05) is 5.56 Å². The van der Waals surface area contributed by atoms with Gasteiger partial charge in [-0.05, 0) is 32.0 Å². The van der Waals surface area contributed by atoms with E-state index in [4.69, 9.17) is 14.7 Å². The van der Waals surface area contributed by atoms with Crippen LogP contribution in [-0.4, -0.2) is 25.7 Å². The van der Waals surface area contributed by atoms with Gasteiger partial charge < -0.3 is 14.8 Å². The molecule has 5 heteroatoms. The monoisotopic (exact) mass is 248 g/mol. The Morgan fingerprint density at radius 2 is 1.94 bits per heavy atom. The standard InChI is InChI=1S/C13H16N2O3/c1-3-17-11-6-5-10(9-12(11)18-4-2)13(16)15-8-7-14/h5-6,9H,3-4,8H2,1-2H3,(H,15,16). The zero-order valence-corrected chi connectivity index (χ0v) is 10.5. The molecule has 0 fully saturated rings. The molecule has 0 saturated heterocycles. The van der Waals surface area contributed by atoms with Gasteiger partial charge in [-0.1, -0.05) is 0 Å². The third-order valence-corrected chi connectivity index (χ3v) is 2.13. The van der Waals surface area contributed by atoms with E-state index in [9.17, 15) is 4.79 Å². The number of carbonyl (C=O) groups excluding carboxylic acids is 1. The molecule has 0 heterocycles. The summed E-state index contributed by atoms with van der Waals surface area (Å²) in [4.78, 5) is 11.7. The number of hydrogen-bond acceptors (Lipinski definition) is 4. The Balaban J connectivity index is 2.92. The van der Waals surface area contributed by atoms with Crippen molar-refractivity contribution in [3.05, 3.63) is 23.8 Å². The maximum absolute atomic E-state index is 11.7. The molecule has 0 aliphatic carbocycles. The summed E-state index contributed by atoms with van der Waals surface area (Å²) in [7, 11) is 0. The fourth-order valence-corrected chi connectivity index (χ4v) is 1.41. The van der Waals surface area contributed by atoms with Crippen molar-refractivity contribution in [1.82, 2.24) is 5.32 Å². The summed E-state index contributed by atoms with van der Waals surface area (Å²) >= 11 is 0. The van der Waals surface area contributed by atoms with Gasteiger partial charge in [-0.25, -0.2) is 0 Å². The van der Waals surface area contributed by atoms with Crippen molar-refractivity contribution >= 4 is 5.91 Å². The molecule has 1 amide bonds. The zero-order chi connectivity index (χ0) is 13.4. The van der Waals surface area contributed by atoms with Gasteiger partial charge in [0.05, 0.1) is 19.3 Å². The molecule has 1 aromatic rings. The van der Waals surface area contributed by atoms with E-state index >= 15 is 0 Å². The Morgan fingerprint density at radius 1 is 1.28 bits per heavy atom. The van der Waals surface area contributed by atoms with Crippen molar-refractivity contribution in [3.63, 3.8) is 0 Å². The van der Waals surface area contributed by atoms with Crippen LogP contribution in [-0.2, 0) is 0 Å². The number of nitriles is 1. The molecule has 1 rings (SSSR count). The first-order chi connectivity index (χ1) is 8.72. The van der Waals surface area contributed by atoms with Crippen molar-refractivity contribution in [2.24, 2.45) is 0 Å². The lowest BCUT2D eigenvalue weighted by Crippen LogP contribution is -2.23. The molecule has 5 nitrogen and oxygen atoms in total. The van der Waals surface area contributed by atoms with Gasteiger partial charge >= 0.3 is 0 Å². The van der Waals surface area contributed by atoms with Crippen LogP contribution >= 0.6 is 0 Å². The van der Waals surface area contributed by atoms with Gasteiger partial charge in [0.25, 0.3) is 5.91 Å². The fourth-order valence-electron chi connectivity index (χ4n) is 1.41. The molecular formula is C13H16N2O3. The van der Waals surface area contributed by atoms with E-state index in [1.807, 2.05) is 19.9 Å². The van der Waals surface area contributed by atoms with E-state index in [0.29, 0.717) is 30.3 Å². The highest BCUT2D eigenvalue weighted by Gasteiger charge is 2.10. The number of nitrogens with one attached hydrogen (secondary N) is 1. The van der Waals surface area contributed by atoms with Crippen molar-refractivity contribution in [3.8, 4) is 17.6 Å². The Hall–Kier alpha value is -2.22. The van der Waals surface area contributed by atoms with Crippen LogP contribution in [0.3, 0.4) is 0 Å². The van der Waals surface area contributed by atoms with Gasteiger partial charge in [-0.3, -0.25) is 4.79 Å². The minimum atomic E-state index is -0.305. The Kier molecular flexibility index (Phi) is 5.52. The third-order valence-electron chi connectivity index (χ3n) is 2.13.